The zero-order chi connectivity index (χ0) is 17.8. The van der Waals surface area contributed by atoms with E-state index in [0.29, 0.717) is 0 Å². The van der Waals surface area contributed by atoms with E-state index < -0.39 is 0 Å². The Balaban J connectivity index is 1.56. The molecule has 2 aromatic rings. The average molecular weight is 369 g/mol. The minimum Gasteiger partial charge on any atom is -0.379 e. The fourth-order valence-electron chi connectivity index (χ4n) is 3.63. The van der Waals surface area contributed by atoms with E-state index in [9.17, 15) is 4.79 Å². The van der Waals surface area contributed by atoms with Gasteiger partial charge in [-0.1, -0.05) is 48.5 Å². The molecule has 1 saturated heterocycles. The number of hydrogen-bond donors (Lipinski definition) is 0. The Labute approximate surface area is 159 Å². The molecule has 0 aromatic heterocycles. The van der Waals surface area contributed by atoms with Gasteiger partial charge in [-0.3, -0.25) is 14.0 Å². The number of morpholine rings is 1. The Morgan fingerprint density at radius 3 is 2.54 bits per heavy atom. The summed E-state index contributed by atoms with van der Waals surface area (Å²) >= 11 is 1.64. The lowest BCUT2D eigenvalue weighted by atomic mass is 10.0. The van der Waals surface area contributed by atoms with E-state index in [0.717, 1.165) is 56.1 Å². The molecule has 1 atom stereocenters. The standard InChI is InChI=1S/C21H24N2O2S/c24-21-19-9-5-4-8-18(19)16-26-23(21)20(17-6-2-1-3-7-17)10-11-22-12-14-25-15-13-22/h1-9,20H,10-16H2. The molecule has 4 rings (SSSR count). The van der Waals surface area contributed by atoms with Crippen LogP contribution in [0, 0.1) is 0 Å². The first-order valence-electron chi connectivity index (χ1n) is 9.22. The normalized spacial score (nSPS) is 19.2. The summed E-state index contributed by atoms with van der Waals surface area (Å²) in [4.78, 5) is 15.6. The van der Waals surface area contributed by atoms with Gasteiger partial charge < -0.3 is 4.74 Å². The molecule has 5 heteroatoms. The van der Waals surface area contributed by atoms with Crippen molar-refractivity contribution in [2.45, 2.75) is 18.2 Å². The van der Waals surface area contributed by atoms with E-state index in [1.54, 1.807) is 11.9 Å². The smallest absolute Gasteiger partial charge is 0.264 e. The summed E-state index contributed by atoms with van der Waals surface area (Å²) in [5, 5.41) is 0. The summed E-state index contributed by atoms with van der Waals surface area (Å²) in [5.74, 6) is 0.982. The highest BCUT2D eigenvalue weighted by atomic mass is 32.2. The molecule has 0 bridgehead atoms. The molecule has 1 amide bonds. The molecule has 0 radical (unpaired) electrons. The van der Waals surface area contributed by atoms with E-state index in [1.807, 2.05) is 28.6 Å². The SMILES string of the molecule is O=C1c2ccccc2CSN1C(CCN1CCOCC1)c1ccccc1. The predicted octanol–water partition coefficient (Wildman–Crippen LogP) is 3.75. The summed E-state index contributed by atoms with van der Waals surface area (Å²) < 4.78 is 7.45. The molecule has 4 nitrogen and oxygen atoms in total. The third kappa shape index (κ3) is 3.80. The van der Waals surface area contributed by atoms with Crippen molar-refractivity contribution in [3.63, 3.8) is 0 Å². The number of rotatable bonds is 5. The van der Waals surface area contributed by atoms with Crippen LogP contribution in [0.4, 0.5) is 0 Å². The number of hydrogen-bond acceptors (Lipinski definition) is 4. The summed E-state index contributed by atoms with van der Waals surface area (Å²) in [6, 6.07) is 18.5. The minimum atomic E-state index is 0.0879. The summed E-state index contributed by atoms with van der Waals surface area (Å²) in [5.41, 5.74) is 3.19. The second-order valence-corrected chi connectivity index (χ2v) is 7.67. The molecule has 2 aliphatic heterocycles. The lowest BCUT2D eigenvalue weighted by molar-refractivity contribution is 0.0347. The van der Waals surface area contributed by atoms with Crippen molar-refractivity contribution in [1.29, 1.82) is 0 Å². The molecule has 2 aliphatic rings. The highest BCUT2D eigenvalue weighted by molar-refractivity contribution is 7.96. The van der Waals surface area contributed by atoms with Crippen LogP contribution in [-0.2, 0) is 10.5 Å². The predicted molar refractivity (Wildman–Crippen MR) is 105 cm³/mol. The quantitative estimate of drug-likeness (QED) is 0.753. The van der Waals surface area contributed by atoms with Gasteiger partial charge >= 0.3 is 0 Å². The summed E-state index contributed by atoms with van der Waals surface area (Å²) in [6.07, 6.45) is 0.935. The molecule has 0 spiro atoms. The van der Waals surface area contributed by atoms with E-state index in [4.69, 9.17) is 4.74 Å². The minimum absolute atomic E-state index is 0.0879. The van der Waals surface area contributed by atoms with E-state index in [1.165, 1.54) is 5.56 Å². The van der Waals surface area contributed by atoms with Gasteiger partial charge in [0.2, 0.25) is 0 Å². The van der Waals surface area contributed by atoms with E-state index >= 15 is 0 Å². The number of benzene rings is 2. The van der Waals surface area contributed by atoms with Gasteiger partial charge in [0.1, 0.15) is 0 Å². The molecular formula is C21H24N2O2S. The molecule has 2 heterocycles. The molecule has 136 valence electrons. The van der Waals surface area contributed by atoms with Crippen LogP contribution in [0.5, 0.6) is 0 Å². The lowest BCUT2D eigenvalue weighted by Crippen LogP contribution is -2.39. The molecule has 2 aromatic carbocycles. The van der Waals surface area contributed by atoms with E-state index in [-0.39, 0.29) is 11.9 Å². The summed E-state index contributed by atoms with van der Waals surface area (Å²) in [6.45, 7) is 4.55. The molecule has 1 fully saturated rings. The van der Waals surface area contributed by atoms with Crippen LogP contribution in [-0.4, -0.2) is 48.0 Å². The number of ether oxygens (including phenoxy) is 1. The number of nitrogens with zero attached hydrogens (tertiary/aromatic N) is 2. The fourth-order valence-corrected chi connectivity index (χ4v) is 4.78. The van der Waals surface area contributed by atoms with Crippen LogP contribution >= 0.6 is 11.9 Å². The Morgan fingerprint density at radius 2 is 1.73 bits per heavy atom. The first-order valence-corrected chi connectivity index (χ1v) is 10.2. The van der Waals surface area contributed by atoms with Crippen molar-refractivity contribution in [2.75, 3.05) is 32.8 Å². The van der Waals surface area contributed by atoms with Gasteiger partial charge in [-0.25, -0.2) is 0 Å². The third-order valence-corrected chi connectivity index (χ3v) is 6.24. The highest BCUT2D eigenvalue weighted by Gasteiger charge is 2.32. The van der Waals surface area contributed by atoms with E-state index in [2.05, 4.69) is 35.2 Å². The van der Waals surface area contributed by atoms with Gasteiger partial charge in [-0.15, -0.1) is 0 Å². The number of amides is 1. The molecule has 26 heavy (non-hydrogen) atoms. The summed E-state index contributed by atoms with van der Waals surface area (Å²) in [7, 11) is 0. The van der Waals surface area contributed by atoms with Crippen molar-refractivity contribution < 1.29 is 9.53 Å². The molecule has 0 aliphatic carbocycles. The zero-order valence-electron chi connectivity index (χ0n) is 14.8. The second-order valence-electron chi connectivity index (χ2n) is 6.73. The van der Waals surface area contributed by atoms with Gasteiger partial charge in [0.05, 0.1) is 19.3 Å². The van der Waals surface area contributed by atoms with Gasteiger partial charge in [0.25, 0.3) is 5.91 Å². The van der Waals surface area contributed by atoms with Crippen LogP contribution < -0.4 is 0 Å². The van der Waals surface area contributed by atoms with Gasteiger partial charge in [-0.05, 0) is 35.6 Å². The first-order chi connectivity index (χ1) is 12.8. The molecule has 1 unspecified atom stereocenters. The Bertz CT molecular complexity index is 747. The number of fused-ring (bicyclic) bond motifs is 1. The number of carbonyl (C=O) groups is 1. The lowest BCUT2D eigenvalue weighted by Gasteiger charge is -2.36. The maximum atomic E-state index is 13.2. The highest BCUT2D eigenvalue weighted by Crippen LogP contribution is 2.38. The third-order valence-electron chi connectivity index (χ3n) is 5.10. The Kier molecular flexibility index (Phi) is 5.58. The van der Waals surface area contributed by atoms with Gasteiger partial charge in [0, 0.05) is 31.0 Å². The molecule has 0 N–H and O–H groups in total. The van der Waals surface area contributed by atoms with Crippen molar-refractivity contribution in [3.05, 3.63) is 71.3 Å². The topological polar surface area (TPSA) is 32.8 Å². The van der Waals surface area contributed by atoms with Crippen LogP contribution in [0.2, 0.25) is 0 Å². The maximum Gasteiger partial charge on any atom is 0.264 e. The van der Waals surface area contributed by atoms with Crippen LogP contribution in [0.25, 0.3) is 0 Å². The Morgan fingerprint density at radius 1 is 1.00 bits per heavy atom. The van der Waals surface area contributed by atoms with Crippen LogP contribution in [0.1, 0.15) is 33.9 Å². The molecule has 0 saturated carbocycles. The van der Waals surface area contributed by atoms with Gasteiger partial charge in [0.15, 0.2) is 0 Å². The zero-order valence-corrected chi connectivity index (χ0v) is 15.7. The van der Waals surface area contributed by atoms with Crippen LogP contribution in [0.15, 0.2) is 54.6 Å². The van der Waals surface area contributed by atoms with Gasteiger partial charge in [-0.2, -0.15) is 0 Å². The Hall–Kier alpha value is -1.82. The van der Waals surface area contributed by atoms with Crippen LogP contribution in [0.3, 0.4) is 0 Å². The van der Waals surface area contributed by atoms with Crippen molar-refractivity contribution >= 4 is 17.9 Å². The second kappa shape index (κ2) is 8.25. The first kappa shape index (κ1) is 17.6. The monoisotopic (exact) mass is 368 g/mol. The largest absolute Gasteiger partial charge is 0.379 e. The maximum absolute atomic E-state index is 13.2. The number of carbonyl (C=O) groups excluding carboxylic acids is 1. The van der Waals surface area contributed by atoms with Crippen molar-refractivity contribution in [3.8, 4) is 0 Å². The molecular weight excluding hydrogens is 344 g/mol. The fraction of sp³-hybridized carbons (Fsp3) is 0.381. The average Bonchev–Trinajstić information content (AvgIpc) is 2.71. The van der Waals surface area contributed by atoms with Crippen molar-refractivity contribution in [2.24, 2.45) is 0 Å². The van der Waals surface area contributed by atoms with Crippen molar-refractivity contribution in [1.82, 2.24) is 9.21 Å².